The lowest BCUT2D eigenvalue weighted by molar-refractivity contribution is -0.208. The SMILES string of the molecule is OC(CN(Cc1cccs1)C1CC1)C(F)(F)F. The Morgan fingerprint density at radius 1 is 1.47 bits per heavy atom. The molecule has 1 aliphatic carbocycles. The van der Waals surface area contributed by atoms with Gasteiger partial charge in [-0.3, -0.25) is 4.90 Å². The molecule has 1 aromatic heterocycles. The summed E-state index contributed by atoms with van der Waals surface area (Å²) in [5.74, 6) is 0. The third-order valence-corrected chi connectivity index (χ3v) is 3.65. The van der Waals surface area contributed by atoms with Crippen LogP contribution in [-0.2, 0) is 6.54 Å². The number of nitrogens with zero attached hydrogens (tertiary/aromatic N) is 1. The van der Waals surface area contributed by atoms with Gasteiger partial charge in [0.25, 0.3) is 0 Å². The maximum Gasteiger partial charge on any atom is 0.415 e. The maximum atomic E-state index is 12.3. The Balaban J connectivity index is 1.94. The summed E-state index contributed by atoms with van der Waals surface area (Å²) in [4.78, 5) is 2.76. The molecule has 0 amide bonds. The Hall–Kier alpha value is -0.590. The molecule has 6 heteroatoms. The van der Waals surface area contributed by atoms with Crippen LogP contribution in [0, 0.1) is 0 Å². The van der Waals surface area contributed by atoms with E-state index in [4.69, 9.17) is 5.11 Å². The second-order valence-electron chi connectivity index (χ2n) is 4.30. The first-order chi connectivity index (χ1) is 7.97. The van der Waals surface area contributed by atoms with E-state index in [0.29, 0.717) is 6.54 Å². The van der Waals surface area contributed by atoms with Gasteiger partial charge >= 0.3 is 6.18 Å². The molecule has 1 aromatic rings. The van der Waals surface area contributed by atoms with Crippen LogP contribution in [0.3, 0.4) is 0 Å². The van der Waals surface area contributed by atoms with E-state index in [-0.39, 0.29) is 12.6 Å². The highest BCUT2D eigenvalue weighted by Crippen LogP contribution is 2.31. The van der Waals surface area contributed by atoms with Gasteiger partial charge < -0.3 is 5.11 Å². The Kier molecular flexibility index (Phi) is 3.75. The third kappa shape index (κ3) is 3.69. The lowest BCUT2D eigenvalue weighted by Gasteiger charge is -2.25. The van der Waals surface area contributed by atoms with Gasteiger partial charge in [-0.1, -0.05) is 6.07 Å². The monoisotopic (exact) mass is 265 g/mol. The second kappa shape index (κ2) is 4.96. The fourth-order valence-electron chi connectivity index (χ4n) is 1.71. The van der Waals surface area contributed by atoms with Crippen LogP contribution < -0.4 is 0 Å². The van der Waals surface area contributed by atoms with Crippen LogP contribution in [0.1, 0.15) is 17.7 Å². The first-order valence-corrected chi connectivity index (χ1v) is 6.36. The van der Waals surface area contributed by atoms with Crippen molar-refractivity contribution in [2.24, 2.45) is 0 Å². The van der Waals surface area contributed by atoms with E-state index in [0.717, 1.165) is 17.7 Å². The van der Waals surface area contributed by atoms with Crippen molar-refractivity contribution >= 4 is 11.3 Å². The largest absolute Gasteiger partial charge is 0.415 e. The number of thiophene rings is 1. The summed E-state index contributed by atoms with van der Waals surface area (Å²) in [5, 5.41) is 11.0. The smallest absolute Gasteiger partial charge is 0.382 e. The molecule has 0 bridgehead atoms. The Bertz CT molecular complexity index is 348. The Labute approximate surface area is 102 Å². The van der Waals surface area contributed by atoms with Crippen LogP contribution in [0.2, 0.25) is 0 Å². The molecule has 0 aromatic carbocycles. The minimum absolute atomic E-state index is 0.203. The van der Waals surface area contributed by atoms with Crippen molar-refractivity contribution in [1.82, 2.24) is 4.90 Å². The first-order valence-electron chi connectivity index (χ1n) is 5.48. The van der Waals surface area contributed by atoms with E-state index in [9.17, 15) is 13.2 Å². The van der Waals surface area contributed by atoms with E-state index >= 15 is 0 Å². The fourth-order valence-corrected chi connectivity index (χ4v) is 2.44. The topological polar surface area (TPSA) is 23.5 Å². The molecule has 0 spiro atoms. The number of hydrogen-bond donors (Lipinski definition) is 1. The third-order valence-electron chi connectivity index (χ3n) is 2.79. The van der Waals surface area contributed by atoms with E-state index < -0.39 is 12.3 Å². The molecule has 2 rings (SSSR count). The van der Waals surface area contributed by atoms with Gasteiger partial charge in [-0.25, -0.2) is 0 Å². The van der Waals surface area contributed by atoms with Crippen molar-refractivity contribution in [3.05, 3.63) is 22.4 Å². The molecule has 0 aliphatic heterocycles. The quantitative estimate of drug-likeness (QED) is 0.884. The van der Waals surface area contributed by atoms with E-state index in [2.05, 4.69) is 0 Å². The van der Waals surface area contributed by atoms with E-state index in [1.807, 2.05) is 17.5 Å². The lowest BCUT2D eigenvalue weighted by Crippen LogP contribution is -2.41. The summed E-state index contributed by atoms with van der Waals surface area (Å²) >= 11 is 1.53. The molecule has 0 radical (unpaired) electrons. The molecule has 1 N–H and O–H groups in total. The van der Waals surface area contributed by atoms with Crippen molar-refractivity contribution in [2.45, 2.75) is 37.7 Å². The van der Waals surface area contributed by atoms with E-state index in [1.54, 1.807) is 4.90 Å². The summed E-state index contributed by atoms with van der Waals surface area (Å²) in [6.45, 7) is 0.168. The number of alkyl halides is 3. The molecule has 1 saturated carbocycles. The second-order valence-corrected chi connectivity index (χ2v) is 5.33. The number of aliphatic hydroxyl groups is 1. The predicted octanol–water partition coefficient (Wildman–Crippen LogP) is 2.64. The number of halogens is 3. The molecule has 96 valence electrons. The lowest BCUT2D eigenvalue weighted by atomic mass is 10.3. The van der Waals surface area contributed by atoms with Crippen LogP contribution in [0.4, 0.5) is 13.2 Å². The van der Waals surface area contributed by atoms with Crippen LogP contribution in [0.15, 0.2) is 17.5 Å². The van der Waals surface area contributed by atoms with Gasteiger partial charge in [0.2, 0.25) is 0 Å². The highest BCUT2D eigenvalue weighted by atomic mass is 32.1. The van der Waals surface area contributed by atoms with Crippen molar-refractivity contribution < 1.29 is 18.3 Å². The van der Waals surface area contributed by atoms with Gasteiger partial charge in [0.15, 0.2) is 6.10 Å². The average Bonchev–Trinajstić information content (AvgIpc) is 2.95. The minimum atomic E-state index is -4.53. The van der Waals surface area contributed by atoms with Gasteiger partial charge in [-0.2, -0.15) is 13.2 Å². The van der Waals surface area contributed by atoms with Gasteiger partial charge in [0.1, 0.15) is 0 Å². The van der Waals surface area contributed by atoms with E-state index in [1.165, 1.54) is 11.3 Å². The van der Waals surface area contributed by atoms with Gasteiger partial charge in [-0.05, 0) is 24.3 Å². The Morgan fingerprint density at radius 3 is 2.65 bits per heavy atom. The summed E-state index contributed by atoms with van der Waals surface area (Å²) in [7, 11) is 0. The van der Waals surface area contributed by atoms with Crippen LogP contribution in [-0.4, -0.2) is 34.9 Å². The summed E-state index contributed by atoms with van der Waals surface area (Å²) in [6.07, 6.45) is -4.92. The van der Waals surface area contributed by atoms with Gasteiger partial charge in [0.05, 0.1) is 0 Å². The van der Waals surface area contributed by atoms with Crippen LogP contribution >= 0.6 is 11.3 Å². The summed E-state index contributed by atoms with van der Waals surface area (Å²) in [6, 6.07) is 3.99. The molecule has 17 heavy (non-hydrogen) atoms. The number of aliphatic hydroxyl groups excluding tert-OH is 1. The zero-order chi connectivity index (χ0) is 12.5. The van der Waals surface area contributed by atoms with Crippen molar-refractivity contribution in [3.63, 3.8) is 0 Å². The van der Waals surface area contributed by atoms with Crippen LogP contribution in [0.5, 0.6) is 0 Å². The zero-order valence-corrected chi connectivity index (χ0v) is 9.97. The number of rotatable bonds is 5. The van der Waals surface area contributed by atoms with Crippen molar-refractivity contribution in [1.29, 1.82) is 0 Å². The van der Waals surface area contributed by atoms with Crippen molar-refractivity contribution in [3.8, 4) is 0 Å². The molecule has 1 heterocycles. The van der Waals surface area contributed by atoms with Crippen LogP contribution in [0.25, 0.3) is 0 Å². The maximum absolute atomic E-state index is 12.3. The molecule has 2 nitrogen and oxygen atoms in total. The van der Waals surface area contributed by atoms with Gasteiger partial charge in [-0.15, -0.1) is 11.3 Å². The molecule has 1 unspecified atom stereocenters. The highest BCUT2D eigenvalue weighted by Gasteiger charge is 2.41. The fraction of sp³-hybridized carbons (Fsp3) is 0.636. The van der Waals surface area contributed by atoms with Crippen molar-refractivity contribution in [2.75, 3.05) is 6.54 Å². The van der Waals surface area contributed by atoms with Gasteiger partial charge in [0, 0.05) is 24.0 Å². The Morgan fingerprint density at radius 2 is 2.18 bits per heavy atom. The normalized spacial score (nSPS) is 18.6. The standard InChI is InChI=1S/C11H14F3NOS/c12-11(13,14)10(16)7-15(8-3-4-8)6-9-2-1-5-17-9/h1-2,5,8,10,16H,3-4,6-7H2. The molecule has 1 aliphatic rings. The predicted molar refractivity (Wildman–Crippen MR) is 59.8 cm³/mol. The number of hydrogen-bond acceptors (Lipinski definition) is 3. The summed E-state index contributed by atoms with van der Waals surface area (Å²) < 4.78 is 36.9. The summed E-state index contributed by atoms with van der Waals surface area (Å²) in [5.41, 5.74) is 0. The zero-order valence-electron chi connectivity index (χ0n) is 9.15. The molecule has 0 saturated heterocycles. The molecular weight excluding hydrogens is 251 g/mol. The molecule has 1 atom stereocenters. The molecular formula is C11H14F3NOS. The average molecular weight is 265 g/mol. The molecule has 1 fully saturated rings. The first kappa shape index (κ1) is 12.9. The highest BCUT2D eigenvalue weighted by molar-refractivity contribution is 7.09. The minimum Gasteiger partial charge on any atom is -0.382 e.